The predicted octanol–water partition coefficient (Wildman–Crippen LogP) is 2.82. The van der Waals surface area contributed by atoms with Gasteiger partial charge in [0.2, 0.25) is 5.78 Å². The van der Waals surface area contributed by atoms with E-state index in [0.29, 0.717) is 4.99 Å². The number of para-hydroxylation sites is 1. The Morgan fingerprint density at radius 1 is 1.33 bits per heavy atom. The van der Waals surface area contributed by atoms with Gasteiger partial charge in [-0.3, -0.25) is 4.79 Å². The van der Waals surface area contributed by atoms with Crippen molar-refractivity contribution in [1.82, 2.24) is 0 Å². The van der Waals surface area contributed by atoms with Crippen molar-refractivity contribution in [3.63, 3.8) is 0 Å². The van der Waals surface area contributed by atoms with Crippen molar-refractivity contribution in [2.24, 2.45) is 0 Å². The van der Waals surface area contributed by atoms with Gasteiger partial charge in [-0.2, -0.15) is 0 Å². The number of Topliss-reactive ketones (excluding diaryl/α,β-unsaturated/α-hetero) is 1. The van der Waals surface area contributed by atoms with Crippen LogP contribution in [0.2, 0.25) is 0 Å². The second kappa shape index (κ2) is 4.11. The molecule has 3 heteroatoms. The Balaban J connectivity index is 2.34. The number of rotatable bonds is 3. The molecule has 1 aliphatic heterocycles. The highest BCUT2D eigenvalue weighted by atomic mass is 32.1. The van der Waals surface area contributed by atoms with E-state index in [1.54, 1.807) is 0 Å². The van der Waals surface area contributed by atoms with Gasteiger partial charge in [-0.15, -0.1) is 0 Å². The van der Waals surface area contributed by atoms with Crippen molar-refractivity contribution < 1.29 is 4.79 Å². The Bertz CT molecular complexity index is 414. The summed E-state index contributed by atoms with van der Waals surface area (Å²) in [6, 6.07) is 7.62. The molecule has 1 aromatic carbocycles. The van der Waals surface area contributed by atoms with Crippen molar-refractivity contribution >= 4 is 28.7 Å². The fourth-order valence-corrected chi connectivity index (χ4v) is 2.09. The zero-order valence-corrected chi connectivity index (χ0v) is 9.51. The third-order valence-electron chi connectivity index (χ3n) is 2.61. The normalized spacial score (nSPS) is 14.6. The van der Waals surface area contributed by atoms with Gasteiger partial charge in [0.05, 0.1) is 5.69 Å². The zero-order valence-electron chi connectivity index (χ0n) is 8.69. The molecule has 0 fully saturated rings. The molecule has 0 amide bonds. The van der Waals surface area contributed by atoms with Gasteiger partial charge in [-0.25, -0.2) is 0 Å². The maximum atomic E-state index is 11.8. The molecule has 0 saturated carbocycles. The lowest BCUT2D eigenvalue weighted by Crippen LogP contribution is -2.28. The Labute approximate surface area is 94.9 Å². The summed E-state index contributed by atoms with van der Waals surface area (Å²) in [5.41, 5.74) is 1.72. The number of ketones is 1. The van der Waals surface area contributed by atoms with Crippen LogP contribution < -0.4 is 4.90 Å². The lowest BCUT2D eigenvalue weighted by molar-refractivity contribution is 0.107. The molecule has 1 aromatic rings. The van der Waals surface area contributed by atoms with E-state index in [2.05, 4.69) is 6.92 Å². The van der Waals surface area contributed by atoms with E-state index in [4.69, 9.17) is 12.2 Å². The number of carbonyl (C=O) groups is 1. The summed E-state index contributed by atoms with van der Waals surface area (Å²) >= 11 is 5.16. The molecule has 2 rings (SSSR count). The lowest BCUT2D eigenvalue weighted by Gasteiger charge is -2.17. The summed E-state index contributed by atoms with van der Waals surface area (Å²) < 4.78 is 0. The lowest BCUT2D eigenvalue weighted by atomic mass is 10.1. The van der Waals surface area contributed by atoms with E-state index < -0.39 is 0 Å². The van der Waals surface area contributed by atoms with Crippen LogP contribution in [0.1, 0.15) is 30.1 Å². The maximum Gasteiger partial charge on any atom is 0.222 e. The second-order valence-electron chi connectivity index (χ2n) is 3.66. The molecular formula is C12H13NOS. The average molecular weight is 219 g/mol. The van der Waals surface area contributed by atoms with Crippen LogP contribution in [-0.4, -0.2) is 17.3 Å². The third-order valence-corrected chi connectivity index (χ3v) is 3.02. The molecule has 0 spiro atoms. The van der Waals surface area contributed by atoms with Crippen molar-refractivity contribution in [2.75, 3.05) is 11.4 Å². The summed E-state index contributed by atoms with van der Waals surface area (Å²) in [7, 11) is 0. The molecular weight excluding hydrogens is 206 g/mol. The smallest absolute Gasteiger partial charge is 0.222 e. The number of thiocarbonyl (C=S) groups is 1. The number of hydrogen-bond donors (Lipinski definition) is 0. The van der Waals surface area contributed by atoms with Gasteiger partial charge in [0.1, 0.15) is 0 Å². The number of carbonyl (C=O) groups excluding carboxylic acids is 1. The van der Waals surface area contributed by atoms with Crippen molar-refractivity contribution in [3.8, 4) is 0 Å². The van der Waals surface area contributed by atoms with Crippen LogP contribution in [0.3, 0.4) is 0 Å². The minimum Gasteiger partial charge on any atom is -0.329 e. The SMILES string of the molecule is CCCCN1C(=S)C(=O)c2ccccc21. The number of hydrogen-bond acceptors (Lipinski definition) is 2. The van der Waals surface area contributed by atoms with Gasteiger partial charge in [0.25, 0.3) is 0 Å². The summed E-state index contributed by atoms with van der Waals surface area (Å²) in [4.78, 5) is 14.2. The van der Waals surface area contributed by atoms with Crippen molar-refractivity contribution in [2.45, 2.75) is 19.8 Å². The predicted molar refractivity (Wildman–Crippen MR) is 65.6 cm³/mol. The van der Waals surface area contributed by atoms with Crippen molar-refractivity contribution in [3.05, 3.63) is 29.8 Å². The van der Waals surface area contributed by atoms with Crippen molar-refractivity contribution in [1.29, 1.82) is 0 Å². The number of nitrogens with zero attached hydrogens (tertiary/aromatic N) is 1. The highest BCUT2D eigenvalue weighted by molar-refractivity contribution is 7.82. The molecule has 15 heavy (non-hydrogen) atoms. The molecule has 0 N–H and O–H groups in total. The monoisotopic (exact) mass is 219 g/mol. The standard InChI is InChI=1S/C12H13NOS/c1-2-3-8-13-10-7-5-4-6-9(10)11(14)12(13)15/h4-7H,2-3,8H2,1H3. The third kappa shape index (κ3) is 1.67. The van der Waals surface area contributed by atoms with Gasteiger partial charge in [-0.1, -0.05) is 37.7 Å². The van der Waals surface area contributed by atoms with Crippen LogP contribution in [0.4, 0.5) is 5.69 Å². The van der Waals surface area contributed by atoms with E-state index in [9.17, 15) is 4.79 Å². The van der Waals surface area contributed by atoms with Crippen LogP contribution in [0.5, 0.6) is 0 Å². The van der Waals surface area contributed by atoms with E-state index in [1.807, 2.05) is 29.2 Å². The van der Waals surface area contributed by atoms with Crippen LogP contribution in [0.15, 0.2) is 24.3 Å². The molecule has 1 heterocycles. The maximum absolute atomic E-state index is 11.8. The van der Waals surface area contributed by atoms with E-state index in [1.165, 1.54) is 0 Å². The first-order chi connectivity index (χ1) is 7.25. The molecule has 2 nitrogen and oxygen atoms in total. The first-order valence-corrected chi connectivity index (χ1v) is 5.61. The molecule has 0 radical (unpaired) electrons. The molecule has 0 bridgehead atoms. The Morgan fingerprint density at radius 3 is 2.80 bits per heavy atom. The van der Waals surface area contributed by atoms with E-state index in [-0.39, 0.29) is 5.78 Å². The number of fused-ring (bicyclic) bond motifs is 1. The molecule has 0 saturated heterocycles. The van der Waals surface area contributed by atoms with Crippen LogP contribution in [0.25, 0.3) is 0 Å². The number of benzene rings is 1. The van der Waals surface area contributed by atoms with E-state index >= 15 is 0 Å². The molecule has 1 aliphatic rings. The van der Waals surface area contributed by atoms with Crippen LogP contribution in [-0.2, 0) is 0 Å². The zero-order chi connectivity index (χ0) is 10.8. The summed E-state index contributed by atoms with van der Waals surface area (Å²) in [6.07, 6.45) is 2.16. The van der Waals surface area contributed by atoms with Gasteiger partial charge < -0.3 is 4.90 Å². The van der Waals surface area contributed by atoms with Crippen LogP contribution >= 0.6 is 12.2 Å². The Morgan fingerprint density at radius 2 is 2.07 bits per heavy atom. The first-order valence-electron chi connectivity index (χ1n) is 5.21. The Hall–Kier alpha value is -1.22. The largest absolute Gasteiger partial charge is 0.329 e. The van der Waals surface area contributed by atoms with Gasteiger partial charge in [0, 0.05) is 12.1 Å². The second-order valence-corrected chi connectivity index (χ2v) is 4.04. The molecule has 0 aliphatic carbocycles. The molecule has 78 valence electrons. The Kier molecular flexibility index (Phi) is 2.82. The molecule has 0 aromatic heterocycles. The highest BCUT2D eigenvalue weighted by Gasteiger charge is 2.31. The average Bonchev–Trinajstić information content (AvgIpc) is 2.51. The fourth-order valence-electron chi connectivity index (χ4n) is 1.79. The fraction of sp³-hybridized carbons (Fsp3) is 0.333. The summed E-state index contributed by atoms with van der Waals surface area (Å²) in [6.45, 7) is 2.98. The first kappa shape index (κ1) is 10.3. The van der Waals surface area contributed by atoms with Gasteiger partial charge >= 0.3 is 0 Å². The minimum absolute atomic E-state index is 0.00305. The van der Waals surface area contributed by atoms with Gasteiger partial charge in [-0.05, 0) is 18.6 Å². The summed E-state index contributed by atoms with van der Waals surface area (Å²) in [5.74, 6) is -0.00305. The van der Waals surface area contributed by atoms with E-state index in [0.717, 1.165) is 30.6 Å². The summed E-state index contributed by atoms with van der Waals surface area (Å²) in [5, 5.41) is 0. The quantitative estimate of drug-likeness (QED) is 0.729. The van der Waals surface area contributed by atoms with Gasteiger partial charge in [0.15, 0.2) is 4.99 Å². The number of anilines is 1. The highest BCUT2D eigenvalue weighted by Crippen LogP contribution is 2.29. The molecule has 0 atom stereocenters. The number of unbranched alkanes of at least 4 members (excludes halogenated alkanes) is 1. The topological polar surface area (TPSA) is 20.3 Å². The minimum atomic E-state index is -0.00305. The molecule has 0 unspecified atom stereocenters. The van der Waals surface area contributed by atoms with Crippen LogP contribution in [0, 0.1) is 0 Å².